The van der Waals surface area contributed by atoms with Crippen LogP contribution in [0.3, 0.4) is 0 Å². The number of non-ortho nitro benzene ring substituents is 1. The molecule has 4 rings (SSSR count). The van der Waals surface area contributed by atoms with Crippen LogP contribution in [-0.4, -0.2) is 26.6 Å². The molecule has 2 heterocycles. The lowest BCUT2D eigenvalue weighted by molar-refractivity contribution is -0.383. The maximum absolute atomic E-state index is 11.4. The van der Waals surface area contributed by atoms with E-state index in [9.17, 15) is 10.1 Å². The largest absolute Gasteiger partial charge is 0.497 e. The first-order valence-corrected chi connectivity index (χ1v) is 8.97. The van der Waals surface area contributed by atoms with E-state index in [1.54, 1.807) is 31.6 Å². The molecule has 1 atom stereocenters. The minimum atomic E-state index is -0.397. The van der Waals surface area contributed by atoms with Gasteiger partial charge in [-0.05, 0) is 29.8 Å². The van der Waals surface area contributed by atoms with Gasteiger partial charge in [-0.25, -0.2) is 4.98 Å². The molecule has 0 fully saturated rings. The highest BCUT2D eigenvalue weighted by Gasteiger charge is 2.21. The summed E-state index contributed by atoms with van der Waals surface area (Å²) >= 11 is 0. The molecule has 0 saturated heterocycles. The molecule has 2 aromatic carbocycles. The topological polar surface area (TPSA) is 95.1 Å². The van der Waals surface area contributed by atoms with Crippen LogP contribution in [-0.2, 0) is 7.05 Å². The zero-order valence-electron chi connectivity index (χ0n) is 15.9. The number of rotatable bonds is 6. The summed E-state index contributed by atoms with van der Waals surface area (Å²) < 4.78 is 7.31. The van der Waals surface area contributed by atoms with E-state index in [0.29, 0.717) is 5.39 Å². The van der Waals surface area contributed by atoms with E-state index in [-0.39, 0.29) is 11.7 Å². The Hall–Kier alpha value is -3.94. The fourth-order valence-corrected chi connectivity index (χ4v) is 3.39. The van der Waals surface area contributed by atoms with Gasteiger partial charge in [-0.15, -0.1) is 0 Å². The van der Waals surface area contributed by atoms with E-state index in [2.05, 4.69) is 15.3 Å². The first kappa shape index (κ1) is 18.4. The average Bonchev–Trinajstić information content (AvgIpc) is 3.17. The summed E-state index contributed by atoms with van der Waals surface area (Å²) in [5.74, 6) is 1.54. The smallest absolute Gasteiger partial charge is 0.278 e. The average molecular weight is 389 g/mol. The highest BCUT2D eigenvalue weighted by atomic mass is 16.6. The third-order valence-corrected chi connectivity index (χ3v) is 4.84. The summed E-state index contributed by atoms with van der Waals surface area (Å²) in [5, 5.41) is 16.1. The van der Waals surface area contributed by atoms with Crippen LogP contribution in [0.25, 0.3) is 10.8 Å². The van der Waals surface area contributed by atoms with Gasteiger partial charge in [-0.1, -0.05) is 12.1 Å². The van der Waals surface area contributed by atoms with Crippen LogP contribution in [0, 0.1) is 10.1 Å². The zero-order valence-corrected chi connectivity index (χ0v) is 15.9. The van der Waals surface area contributed by atoms with E-state index < -0.39 is 4.92 Å². The number of aromatic nitrogens is 3. The van der Waals surface area contributed by atoms with Crippen LogP contribution in [0.2, 0.25) is 0 Å². The molecule has 29 heavy (non-hydrogen) atoms. The molecule has 0 aliphatic rings. The number of nitro benzene ring substituents is 1. The number of methoxy groups -OCH3 is 1. The van der Waals surface area contributed by atoms with Gasteiger partial charge in [0.15, 0.2) is 0 Å². The molecular weight excluding hydrogens is 370 g/mol. The Morgan fingerprint density at radius 2 is 2.03 bits per heavy atom. The van der Waals surface area contributed by atoms with Gasteiger partial charge in [0, 0.05) is 49.0 Å². The van der Waals surface area contributed by atoms with Crippen molar-refractivity contribution >= 4 is 22.1 Å². The van der Waals surface area contributed by atoms with Gasteiger partial charge in [0.1, 0.15) is 17.6 Å². The predicted molar refractivity (Wildman–Crippen MR) is 110 cm³/mol. The maximum atomic E-state index is 11.4. The number of imidazole rings is 1. The fourth-order valence-electron chi connectivity index (χ4n) is 3.39. The third kappa shape index (κ3) is 3.47. The number of benzene rings is 2. The SMILES string of the molecule is COc1cccc(C(Nc2ccc([N+](=O)[O-])c3cnccc23)c2nccn2C)c1. The number of ether oxygens (including phenoxy) is 1. The van der Waals surface area contributed by atoms with E-state index in [0.717, 1.165) is 28.2 Å². The number of aryl methyl sites for hydroxylation is 1. The Morgan fingerprint density at radius 1 is 1.17 bits per heavy atom. The Labute approximate surface area is 166 Å². The van der Waals surface area contributed by atoms with Crippen LogP contribution in [0.15, 0.2) is 67.3 Å². The molecule has 1 unspecified atom stereocenters. The number of hydrogen-bond donors (Lipinski definition) is 1. The lowest BCUT2D eigenvalue weighted by Crippen LogP contribution is -2.17. The van der Waals surface area contributed by atoms with E-state index >= 15 is 0 Å². The summed E-state index contributed by atoms with van der Waals surface area (Å²) in [6.45, 7) is 0. The van der Waals surface area contributed by atoms with Gasteiger partial charge in [0.05, 0.1) is 17.4 Å². The molecule has 0 bridgehead atoms. The van der Waals surface area contributed by atoms with Crippen molar-refractivity contribution in [2.45, 2.75) is 6.04 Å². The van der Waals surface area contributed by atoms with Crippen LogP contribution in [0.5, 0.6) is 5.75 Å². The summed E-state index contributed by atoms with van der Waals surface area (Å²) in [6, 6.07) is 12.4. The van der Waals surface area contributed by atoms with E-state index in [1.807, 2.05) is 42.1 Å². The van der Waals surface area contributed by atoms with Crippen molar-refractivity contribution in [3.05, 3.63) is 88.8 Å². The van der Waals surface area contributed by atoms with Crippen LogP contribution in [0.1, 0.15) is 17.4 Å². The van der Waals surface area contributed by atoms with Gasteiger partial charge in [-0.3, -0.25) is 15.1 Å². The minimum absolute atomic E-state index is 0.0218. The molecule has 0 radical (unpaired) electrons. The van der Waals surface area contributed by atoms with Gasteiger partial charge in [0.25, 0.3) is 5.69 Å². The molecular formula is C21H19N5O3. The Bertz CT molecular complexity index is 1190. The molecule has 8 heteroatoms. The quantitative estimate of drug-likeness (QED) is 0.394. The number of nitrogens with one attached hydrogen (secondary N) is 1. The molecule has 4 aromatic rings. The predicted octanol–water partition coefficient (Wildman–Crippen LogP) is 4.09. The first-order valence-electron chi connectivity index (χ1n) is 8.97. The van der Waals surface area contributed by atoms with Gasteiger partial charge < -0.3 is 14.6 Å². The number of fused-ring (bicyclic) bond motifs is 1. The molecule has 146 valence electrons. The summed E-state index contributed by atoms with van der Waals surface area (Å²) in [6.07, 6.45) is 6.75. The zero-order chi connectivity index (χ0) is 20.4. The first-order chi connectivity index (χ1) is 14.1. The number of nitrogens with zero attached hydrogens (tertiary/aromatic N) is 4. The van der Waals surface area contributed by atoms with Crippen LogP contribution < -0.4 is 10.1 Å². The second-order valence-corrected chi connectivity index (χ2v) is 6.56. The van der Waals surface area contributed by atoms with Gasteiger partial charge in [0.2, 0.25) is 0 Å². The van der Waals surface area contributed by atoms with Crippen molar-refractivity contribution < 1.29 is 9.66 Å². The van der Waals surface area contributed by atoms with E-state index in [4.69, 9.17) is 4.74 Å². The Morgan fingerprint density at radius 3 is 2.76 bits per heavy atom. The summed E-state index contributed by atoms with van der Waals surface area (Å²) in [4.78, 5) is 19.6. The molecule has 0 spiro atoms. The summed E-state index contributed by atoms with van der Waals surface area (Å²) in [5.41, 5.74) is 1.73. The van der Waals surface area contributed by atoms with Gasteiger partial charge in [-0.2, -0.15) is 0 Å². The lowest BCUT2D eigenvalue weighted by atomic mass is 10.0. The van der Waals surface area contributed by atoms with Crippen molar-refractivity contribution in [2.75, 3.05) is 12.4 Å². The molecule has 0 amide bonds. The monoisotopic (exact) mass is 389 g/mol. The highest BCUT2D eigenvalue weighted by molar-refractivity contribution is 5.99. The standard InChI is InChI=1S/C21H19N5O3/c1-25-11-10-23-21(25)20(14-4-3-5-15(12-14)29-2)24-18-6-7-19(26(27)28)17-13-22-9-8-16(17)18/h3-13,20,24H,1-2H3. The summed E-state index contributed by atoms with van der Waals surface area (Å²) in [7, 11) is 3.55. The van der Waals surface area contributed by atoms with E-state index in [1.165, 1.54) is 12.3 Å². The van der Waals surface area contributed by atoms with Crippen molar-refractivity contribution in [2.24, 2.45) is 7.05 Å². The number of nitro groups is 1. The minimum Gasteiger partial charge on any atom is -0.497 e. The second kappa shape index (κ2) is 7.59. The van der Waals surface area contributed by atoms with Crippen LogP contribution in [0.4, 0.5) is 11.4 Å². The number of anilines is 1. The highest BCUT2D eigenvalue weighted by Crippen LogP contribution is 2.34. The van der Waals surface area contributed by atoms with Crippen molar-refractivity contribution in [1.29, 1.82) is 0 Å². The molecule has 2 aromatic heterocycles. The maximum Gasteiger partial charge on any atom is 0.278 e. The molecule has 0 aliphatic heterocycles. The van der Waals surface area contributed by atoms with Crippen LogP contribution >= 0.6 is 0 Å². The van der Waals surface area contributed by atoms with Crippen molar-refractivity contribution in [1.82, 2.24) is 14.5 Å². The molecule has 0 aliphatic carbocycles. The number of hydrogen-bond acceptors (Lipinski definition) is 6. The fraction of sp³-hybridized carbons (Fsp3) is 0.143. The Kier molecular flexibility index (Phi) is 4.82. The lowest BCUT2D eigenvalue weighted by Gasteiger charge is -2.22. The van der Waals surface area contributed by atoms with Crippen molar-refractivity contribution in [3.63, 3.8) is 0 Å². The molecule has 0 saturated carbocycles. The normalized spacial score (nSPS) is 11.9. The van der Waals surface area contributed by atoms with Gasteiger partial charge >= 0.3 is 0 Å². The molecule has 8 nitrogen and oxygen atoms in total. The number of pyridine rings is 1. The Balaban J connectivity index is 1.85. The second-order valence-electron chi connectivity index (χ2n) is 6.56. The molecule has 1 N–H and O–H groups in total. The van der Waals surface area contributed by atoms with Crippen molar-refractivity contribution in [3.8, 4) is 5.75 Å². The third-order valence-electron chi connectivity index (χ3n) is 4.84.